The van der Waals surface area contributed by atoms with E-state index in [1.165, 1.54) is 0 Å². The summed E-state index contributed by atoms with van der Waals surface area (Å²) >= 11 is 0. The fourth-order valence-electron chi connectivity index (χ4n) is 2.12. The van der Waals surface area contributed by atoms with Crippen LogP contribution in [0.2, 0.25) is 0 Å². The Morgan fingerprint density at radius 1 is 1.37 bits per heavy atom. The Balaban J connectivity index is 2.36. The van der Waals surface area contributed by atoms with Gasteiger partial charge in [0.15, 0.2) is 0 Å². The highest BCUT2D eigenvalue weighted by molar-refractivity contribution is 6.24. The fraction of sp³-hybridized carbons (Fsp3) is 0.308. The smallest absolute Gasteiger partial charge is 0.264 e. The molecule has 0 bridgehead atoms. The summed E-state index contributed by atoms with van der Waals surface area (Å²) in [6, 6.07) is 3.91. The standard InChI is InChI=1S/C13H15N3O3/c1-2-15-6-8(7-17)16-12(18)9-4-3-5-10(14)11(9)13(16)19/h3-5,7-8,15H,2,6,14H2,1H3. The lowest BCUT2D eigenvalue weighted by atomic mass is 10.1. The number of fused-ring (bicyclic) bond motifs is 1. The second-order valence-electron chi connectivity index (χ2n) is 4.26. The van der Waals surface area contributed by atoms with E-state index in [9.17, 15) is 14.4 Å². The summed E-state index contributed by atoms with van der Waals surface area (Å²) in [5.74, 6) is -0.976. The van der Waals surface area contributed by atoms with Crippen LogP contribution in [0.1, 0.15) is 27.6 Å². The summed E-state index contributed by atoms with van der Waals surface area (Å²) in [6.45, 7) is 2.77. The van der Waals surface area contributed by atoms with E-state index in [2.05, 4.69) is 5.32 Å². The van der Waals surface area contributed by atoms with E-state index in [1.807, 2.05) is 6.92 Å². The minimum absolute atomic E-state index is 0.191. The zero-order valence-electron chi connectivity index (χ0n) is 10.6. The number of anilines is 1. The maximum Gasteiger partial charge on any atom is 0.264 e. The molecule has 0 aliphatic carbocycles. The van der Waals surface area contributed by atoms with Crippen molar-refractivity contribution in [3.05, 3.63) is 29.3 Å². The van der Waals surface area contributed by atoms with Crippen molar-refractivity contribution in [3.8, 4) is 0 Å². The zero-order valence-corrected chi connectivity index (χ0v) is 10.6. The van der Waals surface area contributed by atoms with Crippen molar-refractivity contribution < 1.29 is 14.4 Å². The molecule has 3 N–H and O–H groups in total. The van der Waals surface area contributed by atoms with Gasteiger partial charge in [-0.15, -0.1) is 0 Å². The highest BCUT2D eigenvalue weighted by Crippen LogP contribution is 2.28. The second kappa shape index (κ2) is 5.19. The van der Waals surface area contributed by atoms with Crippen molar-refractivity contribution in [1.29, 1.82) is 0 Å². The summed E-state index contributed by atoms with van der Waals surface area (Å²) in [6.07, 6.45) is 0.598. The Morgan fingerprint density at radius 2 is 2.11 bits per heavy atom. The number of amides is 2. The number of hydrogen-bond donors (Lipinski definition) is 2. The number of carbonyl (C=O) groups excluding carboxylic acids is 3. The molecule has 6 nitrogen and oxygen atoms in total. The summed E-state index contributed by atoms with van der Waals surface area (Å²) < 4.78 is 0. The lowest BCUT2D eigenvalue weighted by Crippen LogP contribution is -2.46. The largest absolute Gasteiger partial charge is 0.398 e. The average molecular weight is 261 g/mol. The van der Waals surface area contributed by atoms with Gasteiger partial charge in [-0.25, -0.2) is 0 Å². The molecule has 2 rings (SSSR count). The second-order valence-corrected chi connectivity index (χ2v) is 4.26. The first-order valence-electron chi connectivity index (χ1n) is 6.04. The Kier molecular flexibility index (Phi) is 3.62. The van der Waals surface area contributed by atoms with Crippen LogP contribution < -0.4 is 11.1 Å². The number of imide groups is 1. The number of nitrogens with one attached hydrogen (secondary N) is 1. The van der Waals surface area contributed by atoms with Gasteiger partial charge >= 0.3 is 0 Å². The number of nitrogen functional groups attached to an aromatic ring is 1. The van der Waals surface area contributed by atoms with Crippen molar-refractivity contribution in [2.24, 2.45) is 0 Å². The summed E-state index contributed by atoms with van der Waals surface area (Å²) in [7, 11) is 0. The predicted molar refractivity (Wildman–Crippen MR) is 69.8 cm³/mol. The summed E-state index contributed by atoms with van der Waals surface area (Å²) in [5, 5.41) is 2.95. The Morgan fingerprint density at radius 3 is 2.68 bits per heavy atom. The number of hydrogen-bond acceptors (Lipinski definition) is 5. The molecule has 0 spiro atoms. The van der Waals surface area contributed by atoms with Crippen molar-refractivity contribution in [1.82, 2.24) is 10.2 Å². The molecular formula is C13H15N3O3. The van der Waals surface area contributed by atoms with Crippen LogP contribution in [0.5, 0.6) is 0 Å². The number of aldehydes is 1. The van der Waals surface area contributed by atoms with Crippen molar-refractivity contribution in [2.75, 3.05) is 18.8 Å². The summed E-state index contributed by atoms with van der Waals surface area (Å²) in [5.41, 5.74) is 6.43. The molecule has 0 aromatic heterocycles. The first-order chi connectivity index (χ1) is 9.11. The van der Waals surface area contributed by atoms with Crippen molar-refractivity contribution >= 4 is 23.8 Å². The molecule has 6 heteroatoms. The van der Waals surface area contributed by atoms with Gasteiger partial charge in [-0.05, 0) is 18.7 Å². The van der Waals surface area contributed by atoms with Crippen LogP contribution in [0.3, 0.4) is 0 Å². The average Bonchev–Trinajstić information content (AvgIpc) is 2.66. The van der Waals surface area contributed by atoms with Gasteiger partial charge in [-0.1, -0.05) is 13.0 Å². The Hall–Kier alpha value is -2.21. The molecule has 19 heavy (non-hydrogen) atoms. The molecule has 1 aromatic carbocycles. The molecule has 1 aliphatic rings. The zero-order chi connectivity index (χ0) is 14.0. The summed E-state index contributed by atoms with van der Waals surface area (Å²) in [4.78, 5) is 36.5. The third-order valence-corrected chi connectivity index (χ3v) is 3.07. The van der Waals surface area contributed by atoms with Crippen LogP contribution in [0.4, 0.5) is 5.69 Å². The van der Waals surface area contributed by atoms with Crippen LogP contribution in [0.15, 0.2) is 18.2 Å². The lowest BCUT2D eigenvalue weighted by Gasteiger charge is -2.21. The first kappa shape index (κ1) is 13.2. The lowest BCUT2D eigenvalue weighted by molar-refractivity contribution is -0.111. The molecular weight excluding hydrogens is 246 g/mol. The van der Waals surface area contributed by atoms with Crippen LogP contribution in [0.25, 0.3) is 0 Å². The molecule has 0 fully saturated rings. The molecule has 1 atom stereocenters. The molecule has 1 aliphatic heterocycles. The first-order valence-corrected chi connectivity index (χ1v) is 6.04. The fourth-order valence-corrected chi connectivity index (χ4v) is 2.12. The molecule has 0 saturated heterocycles. The third-order valence-electron chi connectivity index (χ3n) is 3.07. The van der Waals surface area contributed by atoms with Gasteiger partial charge in [0, 0.05) is 12.2 Å². The Bertz CT molecular complexity index is 542. The van der Waals surface area contributed by atoms with Gasteiger partial charge in [-0.2, -0.15) is 0 Å². The van der Waals surface area contributed by atoms with Gasteiger partial charge in [0.1, 0.15) is 12.3 Å². The topological polar surface area (TPSA) is 92.5 Å². The molecule has 100 valence electrons. The number of rotatable bonds is 5. The molecule has 0 saturated carbocycles. The van der Waals surface area contributed by atoms with E-state index in [0.717, 1.165) is 4.90 Å². The van der Waals surface area contributed by atoms with E-state index in [0.29, 0.717) is 12.8 Å². The number of nitrogens with zero attached hydrogens (tertiary/aromatic N) is 1. The highest BCUT2D eigenvalue weighted by Gasteiger charge is 2.40. The molecule has 1 heterocycles. The van der Waals surface area contributed by atoms with Crippen LogP contribution in [0, 0.1) is 0 Å². The van der Waals surface area contributed by atoms with Crippen molar-refractivity contribution in [3.63, 3.8) is 0 Å². The SMILES string of the molecule is CCNCC(C=O)N1C(=O)c2cccc(N)c2C1=O. The predicted octanol–water partition coefficient (Wildman–Crippen LogP) is 0.0418. The van der Waals surface area contributed by atoms with Crippen LogP contribution in [-0.4, -0.2) is 42.1 Å². The van der Waals surface area contributed by atoms with E-state index >= 15 is 0 Å². The van der Waals surface area contributed by atoms with Gasteiger partial charge in [0.05, 0.1) is 11.1 Å². The van der Waals surface area contributed by atoms with Crippen LogP contribution >= 0.6 is 0 Å². The number of nitrogens with two attached hydrogens (primary N) is 1. The van der Waals surface area contributed by atoms with Gasteiger partial charge < -0.3 is 15.8 Å². The van der Waals surface area contributed by atoms with E-state index < -0.39 is 17.9 Å². The van der Waals surface area contributed by atoms with E-state index in [-0.39, 0.29) is 23.4 Å². The van der Waals surface area contributed by atoms with Gasteiger partial charge in [0.2, 0.25) is 0 Å². The third kappa shape index (κ3) is 2.10. The highest BCUT2D eigenvalue weighted by atomic mass is 16.2. The number of likely N-dealkylation sites (N-methyl/N-ethyl adjacent to an activating group) is 1. The normalized spacial score (nSPS) is 15.5. The van der Waals surface area contributed by atoms with Crippen molar-refractivity contribution in [2.45, 2.75) is 13.0 Å². The Labute approximate surface area is 110 Å². The monoisotopic (exact) mass is 261 g/mol. The number of carbonyl (C=O) groups is 3. The maximum absolute atomic E-state index is 12.2. The van der Waals surface area contributed by atoms with E-state index in [1.54, 1.807) is 18.2 Å². The molecule has 1 unspecified atom stereocenters. The molecule has 1 aromatic rings. The quantitative estimate of drug-likeness (QED) is 0.443. The minimum Gasteiger partial charge on any atom is -0.398 e. The van der Waals surface area contributed by atoms with Gasteiger partial charge in [0.25, 0.3) is 11.8 Å². The maximum atomic E-state index is 12.2. The van der Waals surface area contributed by atoms with E-state index in [4.69, 9.17) is 5.73 Å². The number of benzene rings is 1. The minimum atomic E-state index is -0.813. The molecule has 2 amide bonds. The molecule has 0 radical (unpaired) electrons. The van der Waals surface area contributed by atoms with Crippen LogP contribution in [-0.2, 0) is 4.79 Å². The van der Waals surface area contributed by atoms with Gasteiger partial charge in [-0.3, -0.25) is 14.5 Å².